The molecule has 5 heteroatoms. The highest BCUT2D eigenvalue weighted by molar-refractivity contribution is 6.31. The standard InChI is InChI=1S/C21H27ClN2O2/c1-14-9-19(17(11-18(14)22)21(2,3)4)26-13-16-10-15(12-23-16)20(25)24-7-5-6-8-24/h9-11H,5-8,12-13H2,1-4H3. The molecular weight excluding hydrogens is 348 g/mol. The van der Waals surface area contributed by atoms with Gasteiger partial charge in [-0.2, -0.15) is 0 Å². The number of benzene rings is 1. The van der Waals surface area contributed by atoms with E-state index in [0.29, 0.717) is 13.2 Å². The van der Waals surface area contributed by atoms with Crippen molar-refractivity contribution in [2.75, 3.05) is 26.2 Å². The summed E-state index contributed by atoms with van der Waals surface area (Å²) >= 11 is 6.30. The molecule has 2 aliphatic heterocycles. The van der Waals surface area contributed by atoms with Crippen molar-refractivity contribution >= 4 is 23.2 Å². The van der Waals surface area contributed by atoms with Crippen LogP contribution in [0.25, 0.3) is 0 Å². The van der Waals surface area contributed by atoms with Crippen LogP contribution in [0, 0.1) is 6.92 Å². The number of hydrogen-bond acceptors (Lipinski definition) is 3. The summed E-state index contributed by atoms with van der Waals surface area (Å²) in [4.78, 5) is 18.9. The summed E-state index contributed by atoms with van der Waals surface area (Å²) in [5, 5.41) is 0.749. The number of rotatable bonds is 4. The van der Waals surface area contributed by atoms with Crippen LogP contribution in [0.3, 0.4) is 0 Å². The fourth-order valence-electron chi connectivity index (χ4n) is 3.33. The number of carbonyl (C=O) groups is 1. The first kappa shape index (κ1) is 19.0. The van der Waals surface area contributed by atoms with E-state index in [1.54, 1.807) is 0 Å². The van der Waals surface area contributed by atoms with E-state index in [9.17, 15) is 4.79 Å². The van der Waals surface area contributed by atoms with Crippen LogP contribution in [-0.4, -0.2) is 42.8 Å². The minimum absolute atomic E-state index is 0.0725. The second-order valence-corrected chi connectivity index (χ2v) is 8.52. The molecule has 1 fully saturated rings. The van der Waals surface area contributed by atoms with E-state index in [1.807, 2.05) is 30.0 Å². The predicted molar refractivity (Wildman–Crippen MR) is 107 cm³/mol. The normalized spacial score (nSPS) is 17.3. The molecule has 4 nitrogen and oxygen atoms in total. The Morgan fingerprint density at radius 1 is 1.27 bits per heavy atom. The third kappa shape index (κ3) is 4.12. The Balaban J connectivity index is 1.70. The lowest BCUT2D eigenvalue weighted by Gasteiger charge is -2.24. The Labute approximate surface area is 160 Å². The molecule has 0 unspecified atom stereocenters. The lowest BCUT2D eigenvalue weighted by atomic mass is 9.86. The molecule has 0 aliphatic carbocycles. The van der Waals surface area contributed by atoms with Gasteiger partial charge in [0, 0.05) is 29.2 Å². The van der Waals surface area contributed by atoms with Crippen molar-refractivity contribution in [3.05, 3.63) is 39.9 Å². The first-order chi connectivity index (χ1) is 12.3. The zero-order chi connectivity index (χ0) is 18.9. The Morgan fingerprint density at radius 3 is 2.62 bits per heavy atom. The molecule has 0 spiro atoms. The topological polar surface area (TPSA) is 41.9 Å². The quantitative estimate of drug-likeness (QED) is 0.787. The highest BCUT2D eigenvalue weighted by Gasteiger charge is 2.25. The van der Waals surface area contributed by atoms with E-state index in [0.717, 1.165) is 59.1 Å². The van der Waals surface area contributed by atoms with E-state index in [4.69, 9.17) is 16.3 Å². The summed E-state index contributed by atoms with van der Waals surface area (Å²) in [5.74, 6) is 0.953. The second kappa shape index (κ2) is 7.43. The third-order valence-corrected chi connectivity index (χ3v) is 5.31. The highest BCUT2D eigenvalue weighted by atomic mass is 35.5. The maximum atomic E-state index is 12.5. The van der Waals surface area contributed by atoms with Crippen molar-refractivity contribution in [1.82, 2.24) is 4.90 Å². The number of hydrogen-bond donors (Lipinski definition) is 0. The Bertz CT molecular complexity index is 769. The molecule has 1 amide bonds. The molecule has 0 bridgehead atoms. The van der Waals surface area contributed by atoms with Gasteiger partial charge in [-0.15, -0.1) is 0 Å². The lowest BCUT2D eigenvalue weighted by molar-refractivity contribution is -0.126. The van der Waals surface area contributed by atoms with Crippen LogP contribution in [0.5, 0.6) is 5.75 Å². The van der Waals surface area contributed by atoms with Crippen LogP contribution >= 0.6 is 11.6 Å². The van der Waals surface area contributed by atoms with Crippen molar-refractivity contribution in [3.63, 3.8) is 0 Å². The highest BCUT2D eigenvalue weighted by Crippen LogP contribution is 2.35. The molecule has 2 aliphatic rings. The first-order valence-corrected chi connectivity index (χ1v) is 9.60. The van der Waals surface area contributed by atoms with Crippen LogP contribution < -0.4 is 4.74 Å². The van der Waals surface area contributed by atoms with Gasteiger partial charge in [-0.1, -0.05) is 32.4 Å². The molecule has 0 N–H and O–H groups in total. The zero-order valence-electron chi connectivity index (χ0n) is 16.1. The maximum absolute atomic E-state index is 12.5. The molecule has 3 rings (SSSR count). The molecule has 0 aromatic heterocycles. The third-order valence-electron chi connectivity index (χ3n) is 4.91. The zero-order valence-corrected chi connectivity index (χ0v) is 16.8. The van der Waals surface area contributed by atoms with Gasteiger partial charge in [0.25, 0.3) is 5.91 Å². The minimum atomic E-state index is -0.0725. The number of likely N-dealkylation sites (tertiary alicyclic amines) is 1. The average Bonchev–Trinajstić information content (AvgIpc) is 3.25. The van der Waals surface area contributed by atoms with Crippen molar-refractivity contribution in [2.45, 2.75) is 46.0 Å². The number of nitrogens with zero attached hydrogens (tertiary/aromatic N) is 2. The van der Waals surface area contributed by atoms with E-state index in [2.05, 4.69) is 25.8 Å². The number of aliphatic imine (C=N–C) groups is 1. The monoisotopic (exact) mass is 374 g/mol. The molecule has 0 atom stereocenters. The molecule has 1 aromatic carbocycles. The predicted octanol–water partition coefficient (Wildman–Crippen LogP) is 4.33. The SMILES string of the molecule is Cc1cc(OCC2=NCC(C(=O)N3CCCC3)=C2)c(C(C)(C)C)cc1Cl. The van der Waals surface area contributed by atoms with Gasteiger partial charge >= 0.3 is 0 Å². The molecule has 26 heavy (non-hydrogen) atoms. The number of halogens is 1. The molecule has 2 heterocycles. The average molecular weight is 375 g/mol. The van der Waals surface area contributed by atoms with Gasteiger partial charge in [0.1, 0.15) is 12.4 Å². The number of ether oxygens (including phenoxy) is 1. The van der Waals surface area contributed by atoms with Gasteiger partial charge in [-0.05, 0) is 49.0 Å². The van der Waals surface area contributed by atoms with E-state index < -0.39 is 0 Å². The molecule has 1 aromatic rings. The summed E-state index contributed by atoms with van der Waals surface area (Å²) in [6.45, 7) is 10.9. The van der Waals surface area contributed by atoms with Crippen LogP contribution in [0.15, 0.2) is 28.8 Å². The van der Waals surface area contributed by atoms with Gasteiger partial charge in [-0.25, -0.2) is 0 Å². The Kier molecular flexibility index (Phi) is 5.42. The lowest BCUT2D eigenvalue weighted by Crippen LogP contribution is -2.29. The van der Waals surface area contributed by atoms with Gasteiger partial charge < -0.3 is 9.64 Å². The fraction of sp³-hybridized carbons (Fsp3) is 0.524. The molecule has 1 saturated heterocycles. The Morgan fingerprint density at radius 2 is 1.96 bits per heavy atom. The van der Waals surface area contributed by atoms with Crippen LogP contribution in [-0.2, 0) is 10.2 Å². The van der Waals surface area contributed by atoms with Crippen molar-refractivity contribution in [3.8, 4) is 5.75 Å². The van der Waals surface area contributed by atoms with E-state index in [-0.39, 0.29) is 11.3 Å². The fourth-order valence-corrected chi connectivity index (χ4v) is 3.50. The number of amides is 1. The van der Waals surface area contributed by atoms with Crippen molar-refractivity contribution in [1.29, 1.82) is 0 Å². The van der Waals surface area contributed by atoms with Crippen molar-refractivity contribution < 1.29 is 9.53 Å². The molecular formula is C21H27ClN2O2. The second-order valence-electron chi connectivity index (χ2n) is 8.11. The summed E-state index contributed by atoms with van der Waals surface area (Å²) in [7, 11) is 0. The summed E-state index contributed by atoms with van der Waals surface area (Å²) < 4.78 is 6.08. The van der Waals surface area contributed by atoms with Gasteiger partial charge in [0.05, 0.1) is 12.3 Å². The molecule has 0 radical (unpaired) electrons. The largest absolute Gasteiger partial charge is 0.487 e. The maximum Gasteiger partial charge on any atom is 0.251 e. The minimum Gasteiger partial charge on any atom is -0.487 e. The van der Waals surface area contributed by atoms with Crippen LogP contribution in [0.4, 0.5) is 0 Å². The van der Waals surface area contributed by atoms with Crippen LogP contribution in [0.1, 0.15) is 44.7 Å². The van der Waals surface area contributed by atoms with Gasteiger partial charge in [0.15, 0.2) is 0 Å². The van der Waals surface area contributed by atoms with Crippen molar-refractivity contribution in [2.24, 2.45) is 4.99 Å². The smallest absolute Gasteiger partial charge is 0.251 e. The number of aryl methyl sites for hydroxylation is 1. The van der Waals surface area contributed by atoms with Gasteiger partial charge in [-0.3, -0.25) is 9.79 Å². The number of carbonyl (C=O) groups excluding carboxylic acids is 1. The molecule has 140 valence electrons. The summed E-state index contributed by atoms with van der Waals surface area (Å²) in [5.41, 5.74) is 3.58. The molecule has 0 saturated carbocycles. The summed E-state index contributed by atoms with van der Waals surface area (Å²) in [6.07, 6.45) is 4.09. The van der Waals surface area contributed by atoms with E-state index in [1.165, 1.54) is 0 Å². The Hall–Kier alpha value is -1.81. The summed E-state index contributed by atoms with van der Waals surface area (Å²) in [6, 6.07) is 3.97. The van der Waals surface area contributed by atoms with Crippen LogP contribution in [0.2, 0.25) is 5.02 Å². The van der Waals surface area contributed by atoms with Gasteiger partial charge in [0.2, 0.25) is 0 Å². The first-order valence-electron chi connectivity index (χ1n) is 9.22. The van der Waals surface area contributed by atoms with E-state index >= 15 is 0 Å².